The van der Waals surface area contributed by atoms with E-state index in [1.54, 1.807) is 0 Å². The van der Waals surface area contributed by atoms with Gasteiger partial charge in [-0.25, -0.2) is 0 Å². The largest absolute Gasteiger partial charge is 0.361 e. The number of hydrogen-bond acceptors (Lipinski definition) is 1. The first kappa shape index (κ1) is 12.3. The van der Waals surface area contributed by atoms with Crippen molar-refractivity contribution in [2.45, 2.75) is 19.8 Å². The van der Waals surface area contributed by atoms with Gasteiger partial charge in [0.25, 0.3) is 0 Å². The molecule has 1 unspecified atom stereocenters. The van der Waals surface area contributed by atoms with Crippen LogP contribution in [0.4, 0.5) is 0 Å². The highest BCUT2D eigenvalue weighted by Crippen LogP contribution is 2.01. The molecule has 1 nitrogen and oxygen atoms in total. The summed E-state index contributed by atoms with van der Waals surface area (Å²) in [5.74, 6) is 0. The van der Waals surface area contributed by atoms with Crippen LogP contribution >= 0.6 is 25.4 Å². The van der Waals surface area contributed by atoms with Crippen molar-refractivity contribution < 1.29 is 4.52 Å². The molecule has 1 atom stereocenters. The first-order valence-electron chi connectivity index (χ1n) is 3.99. The molecule has 0 spiro atoms. The first-order chi connectivity index (χ1) is 5.81. The van der Waals surface area contributed by atoms with E-state index in [9.17, 15) is 0 Å². The highest BCUT2D eigenvalue weighted by atomic mass is 79.9. The zero-order valence-electron chi connectivity index (χ0n) is 7.42. The van der Waals surface area contributed by atoms with Crippen molar-refractivity contribution in [3.8, 4) is 0 Å². The second-order valence-electron chi connectivity index (χ2n) is 2.56. The van der Waals surface area contributed by atoms with Gasteiger partial charge in [0.15, 0.2) is 0 Å². The minimum Gasteiger partial charge on any atom is -0.361 e. The summed E-state index contributed by atoms with van der Waals surface area (Å²) in [5.41, 5.74) is 1.29. The van der Waals surface area contributed by atoms with Crippen molar-refractivity contribution in [3.05, 3.63) is 23.8 Å². The average Bonchev–Trinajstić information content (AvgIpc) is 2.05. The fourth-order valence-electron chi connectivity index (χ4n) is 0.797. The fourth-order valence-corrected chi connectivity index (χ4v) is 1.32. The second-order valence-corrected chi connectivity index (χ2v) is 3.55. The Morgan fingerprint density at radius 1 is 1.42 bits per heavy atom. The van der Waals surface area contributed by atoms with Gasteiger partial charge in [0.05, 0.1) is 6.61 Å². The van der Waals surface area contributed by atoms with Crippen molar-refractivity contribution in [1.82, 2.24) is 0 Å². The summed E-state index contributed by atoms with van der Waals surface area (Å²) in [7, 11) is 2.26. The molecule has 0 aliphatic heterocycles. The smallest absolute Gasteiger partial charge is 0.0710 e. The van der Waals surface area contributed by atoms with Crippen molar-refractivity contribution in [2.75, 3.05) is 11.9 Å². The fraction of sp³-hybridized carbons (Fsp3) is 0.556. The van der Waals surface area contributed by atoms with Gasteiger partial charge in [-0.3, -0.25) is 0 Å². The quantitative estimate of drug-likeness (QED) is 0.304. The van der Waals surface area contributed by atoms with Gasteiger partial charge in [0.1, 0.15) is 0 Å². The Bertz CT molecular complexity index is 155. The van der Waals surface area contributed by atoms with Crippen molar-refractivity contribution >= 4 is 25.4 Å². The molecule has 0 aromatic rings. The zero-order chi connectivity index (χ0) is 9.23. The van der Waals surface area contributed by atoms with Crippen LogP contribution in [0.2, 0.25) is 0 Å². The minimum absolute atomic E-state index is 0.715. The summed E-state index contributed by atoms with van der Waals surface area (Å²) in [6.07, 6.45) is 8.72. The molecule has 70 valence electrons. The molecule has 0 saturated carbocycles. The van der Waals surface area contributed by atoms with Crippen LogP contribution in [0, 0.1) is 0 Å². The molecule has 0 heterocycles. The molecular formula is C9H16BrOP. The predicted octanol–water partition coefficient (Wildman–Crippen LogP) is 3.47. The van der Waals surface area contributed by atoms with Crippen molar-refractivity contribution in [1.29, 1.82) is 0 Å². The van der Waals surface area contributed by atoms with Gasteiger partial charge < -0.3 is 4.52 Å². The zero-order valence-corrected chi connectivity index (χ0v) is 10.2. The standard InChI is InChI=1S/C9H16BrOP/c1-9(8-11-12)6-4-2-3-5-7-10/h3,5-6H,2,4,7-8,12H2,1H3/b5-3+,9-6+. The van der Waals surface area contributed by atoms with Crippen LogP contribution in [0.5, 0.6) is 0 Å². The molecule has 0 fully saturated rings. The molecule has 0 bridgehead atoms. The monoisotopic (exact) mass is 250 g/mol. The molecule has 0 aliphatic carbocycles. The summed E-state index contributed by atoms with van der Waals surface area (Å²) in [4.78, 5) is 0. The number of unbranched alkanes of at least 4 members (excludes halogenated alkanes) is 1. The van der Waals surface area contributed by atoms with E-state index in [1.807, 2.05) is 0 Å². The van der Waals surface area contributed by atoms with Gasteiger partial charge in [-0.2, -0.15) is 0 Å². The van der Waals surface area contributed by atoms with E-state index < -0.39 is 0 Å². The molecule has 0 aromatic carbocycles. The number of alkyl halides is 1. The molecule has 0 radical (unpaired) electrons. The second kappa shape index (κ2) is 9.44. The molecule has 0 N–H and O–H groups in total. The summed E-state index contributed by atoms with van der Waals surface area (Å²) < 4.78 is 4.90. The van der Waals surface area contributed by atoms with Crippen LogP contribution in [0.1, 0.15) is 19.8 Å². The summed E-state index contributed by atoms with van der Waals surface area (Å²) in [6.45, 7) is 2.80. The maximum absolute atomic E-state index is 4.90. The SMILES string of the molecule is C/C(=C\CC/C=C/CBr)COP. The predicted molar refractivity (Wildman–Crippen MR) is 61.6 cm³/mol. The van der Waals surface area contributed by atoms with E-state index in [0.717, 1.165) is 18.2 Å². The van der Waals surface area contributed by atoms with Crippen LogP contribution in [0.3, 0.4) is 0 Å². The topological polar surface area (TPSA) is 9.23 Å². The Balaban J connectivity index is 3.39. The molecule has 0 rings (SSSR count). The van der Waals surface area contributed by atoms with Crippen LogP contribution in [0.25, 0.3) is 0 Å². The third kappa shape index (κ3) is 8.45. The number of hydrogen-bond donors (Lipinski definition) is 0. The van der Waals surface area contributed by atoms with E-state index in [0.29, 0.717) is 6.61 Å². The van der Waals surface area contributed by atoms with Crippen LogP contribution < -0.4 is 0 Å². The molecule has 3 heteroatoms. The summed E-state index contributed by atoms with van der Waals surface area (Å²) in [5, 5.41) is 0.949. The number of rotatable bonds is 6. The Morgan fingerprint density at radius 3 is 2.75 bits per heavy atom. The summed E-state index contributed by atoms with van der Waals surface area (Å²) >= 11 is 3.33. The first-order valence-corrected chi connectivity index (χ1v) is 5.58. The van der Waals surface area contributed by atoms with E-state index in [-0.39, 0.29) is 0 Å². The van der Waals surface area contributed by atoms with Gasteiger partial charge in [-0.15, -0.1) is 0 Å². The Hall–Kier alpha value is 0.350. The lowest BCUT2D eigenvalue weighted by Crippen LogP contribution is -1.84. The lowest BCUT2D eigenvalue weighted by atomic mass is 10.2. The maximum atomic E-state index is 4.90. The molecule has 0 saturated heterocycles. The molecule has 0 amide bonds. The Kier molecular flexibility index (Phi) is 9.71. The van der Waals surface area contributed by atoms with Crippen molar-refractivity contribution in [2.24, 2.45) is 0 Å². The molecule has 12 heavy (non-hydrogen) atoms. The number of halogens is 1. The Morgan fingerprint density at radius 2 is 2.17 bits per heavy atom. The minimum atomic E-state index is 0.715. The highest BCUT2D eigenvalue weighted by Gasteiger charge is 1.85. The van der Waals surface area contributed by atoms with E-state index >= 15 is 0 Å². The van der Waals surface area contributed by atoms with E-state index in [2.05, 4.69) is 50.5 Å². The van der Waals surface area contributed by atoms with E-state index in [1.165, 1.54) is 5.57 Å². The van der Waals surface area contributed by atoms with Crippen LogP contribution in [-0.2, 0) is 4.52 Å². The van der Waals surface area contributed by atoms with E-state index in [4.69, 9.17) is 4.52 Å². The Labute approximate surface area is 85.7 Å². The molecular weight excluding hydrogens is 235 g/mol. The molecule has 0 aromatic heterocycles. The maximum Gasteiger partial charge on any atom is 0.0710 e. The number of allylic oxidation sites excluding steroid dienone is 3. The average molecular weight is 251 g/mol. The lowest BCUT2D eigenvalue weighted by Gasteiger charge is -1.96. The summed E-state index contributed by atoms with van der Waals surface area (Å²) in [6, 6.07) is 0. The molecule has 0 aliphatic rings. The van der Waals surface area contributed by atoms with Gasteiger partial charge in [-0.05, 0) is 19.8 Å². The third-order valence-electron chi connectivity index (χ3n) is 1.39. The van der Waals surface area contributed by atoms with Gasteiger partial charge in [-0.1, -0.05) is 39.7 Å². The van der Waals surface area contributed by atoms with Gasteiger partial charge in [0, 0.05) is 14.8 Å². The van der Waals surface area contributed by atoms with Gasteiger partial charge in [0.2, 0.25) is 0 Å². The third-order valence-corrected chi connectivity index (χ3v) is 1.93. The van der Waals surface area contributed by atoms with Crippen molar-refractivity contribution in [3.63, 3.8) is 0 Å². The van der Waals surface area contributed by atoms with Crippen LogP contribution in [0.15, 0.2) is 23.8 Å². The normalized spacial score (nSPS) is 12.8. The van der Waals surface area contributed by atoms with Gasteiger partial charge >= 0.3 is 0 Å². The van der Waals surface area contributed by atoms with Crippen LogP contribution in [-0.4, -0.2) is 11.9 Å². The highest BCUT2D eigenvalue weighted by molar-refractivity contribution is 9.09. The lowest BCUT2D eigenvalue weighted by molar-refractivity contribution is 0.413.